The van der Waals surface area contributed by atoms with E-state index in [1.165, 1.54) is 53.4 Å². The van der Waals surface area contributed by atoms with Crippen LogP contribution >= 0.6 is 23.1 Å². The van der Waals surface area contributed by atoms with Crippen LogP contribution in [-0.2, 0) is 32.0 Å². The zero-order valence-electron chi connectivity index (χ0n) is 30.5. The van der Waals surface area contributed by atoms with Crippen molar-refractivity contribution >= 4 is 69.6 Å². The Morgan fingerprint density at radius 2 is 1.70 bits per heavy atom. The van der Waals surface area contributed by atoms with E-state index < -0.39 is 40.5 Å². The Kier molecular flexibility index (Phi) is 12.9. The molecule has 1 unspecified atom stereocenters. The van der Waals surface area contributed by atoms with Crippen molar-refractivity contribution in [3.05, 3.63) is 118 Å². The first-order valence-electron chi connectivity index (χ1n) is 17.2. The number of benzene rings is 3. The van der Waals surface area contributed by atoms with Crippen molar-refractivity contribution in [1.82, 2.24) is 10.2 Å². The second kappa shape index (κ2) is 17.6. The third-order valence-electron chi connectivity index (χ3n) is 7.91. The fourth-order valence-corrected chi connectivity index (χ4v) is 7.56. The Hall–Kier alpha value is -5.47. The number of fused-ring (bicyclic) bond motifs is 1. The van der Waals surface area contributed by atoms with E-state index in [0.29, 0.717) is 45.2 Å². The van der Waals surface area contributed by atoms with Gasteiger partial charge in [-0.15, -0.1) is 23.1 Å². The number of hydrogen-bond donors (Lipinski definition) is 3. The van der Waals surface area contributed by atoms with Gasteiger partial charge in [0, 0.05) is 27.6 Å². The van der Waals surface area contributed by atoms with Crippen molar-refractivity contribution in [3.63, 3.8) is 0 Å². The Morgan fingerprint density at radius 1 is 0.981 bits per heavy atom. The molecular formula is C40H41FN4O7S2. The molecule has 0 saturated heterocycles. The molecule has 0 aliphatic carbocycles. The lowest BCUT2D eigenvalue weighted by Crippen LogP contribution is -2.39. The van der Waals surface area contributed by atoms with Crippen LogP contribution in [0.25, 0.3) is 6.08 Å². The molecule has 0 bridgehead atoms. The van der Waals surface area contributed by atoms with Crippen molar-refractivity contribution in [2.24, 2.45) is 0 Å². The van der Waals surface area contributed by atoms with Crippen LogP contribution < -0.4 is 16.0 Å². The van der Waals surface area contributed by atoms with Crippen LogP contribution in [0.5, 0.6) is 0 Å². The van der Waals surface area contributed by atoms with E-state index in [2.05, 4.69) is 16.0 Å². The zero-order valence-corrected chi connectivity index (χ0v) is 32.1. The summed E-state index contributed by atoms with van der Waals surface area (Å²) >= 11 is 2.47. The smallest absolute Gasteiger partial charge is 0.410 e. The molecule has 4 aromatic rings. The second-order valence-corrected chi connectivity index (χ2v) is 15.8. The molecule has 0 spiro atoms. The van der Waals surface area contributed by atoms with Gasteiger partial charge in [0.25, 0.3) is 11.8 Å². The van der Waals surface area contributed by atoms with Gasteiger partial charge in [-0.05, 0) is 101 Å². The van der Waals surface area contributed by atoms with Crippen molar-refractivity contribution in [2.45, 2.75) is 63.3 Å². The molecule has 1 atom stereocenters. The first kappa shape index (κ1) is 39.7. The summed E-state index contributed by atoms with van der Waals surface area (Å²) in [5, 5.41) is 8.08. The first-order valence-corrected chi connectivity index (χ1v) is 18.9. The Bertz CT molecular complexity index is 2060. The van der Waals surface area contributed by atoms with Crippen LogP contribution in [-0.4, -0.2) is 58.7 Å². The molecule has 2 heterocycles. The van der Waals surface area contributed by atoms with Gasteiger partial charge in [-0.25, -0.2) is 14.0 Å². The molecule has 14 heteroatoms. The summed E-state index contributed by atoms with van der Waals surface area (Å²) in [6, 6.07) is 20.8. The third-order valence-corrected chi connectivity index (χ3v) is 10.1. The maximum Gasteiger partial charge on any atom is 0.410 e. The molecule has 5 rings (SSSR count). The van der Waals surface area contributed by atoms with Crippen molar-refractivity contribution < 1.29 is 37.8 Å². The van der Waals surface area contributed by atoms with Crippen LogP contribution in [0.1, 0.15) is 71.3 Å². The average Bonchev–Trinajstić information content (AvgIpc) is 3.49. The number of thioether (sulfide) groups is 1. The molecule has 3 N–H and O–H groups in total. The number of esters is 1. The predicted octanol–water partition coefficient (Wildman–Crippen LogP) is 7.89. The van der Waals surface area contributed by atoms with Crippen molar-refractivity contribution in [1.29, 1.82) is 0 Å². The van der Waals surface area contributed by atoms with E-state index in [9.17, 15) is 28.4 Å². The number of carbonyl (C=O) groups excluding carboxylic acids is 5. The molecule has 1 aliphatic rings. The quantitative estimate of drug-likeness (QED) is 0.0794. The van der Waals surface area contributed by atoms with Crippen LogP contribution in [0, 0.1) is 5.82 Å². The van der Waals surface area contributed by atoms with Gasteiger partial charge in [0.2, 0.25) is 5.91 Å². The van der Waals surface area contributed by atoms with Gasteiger partial charge in [0.05, 0.1) is 24.0 Å². The normalized spacial score (nSPS) is 13.3. The van der Waals surface area contributed by atoms with E-state index in [1.54, 1.807) is 94.1 Å². The Balaban J connectivity index is 1.29. The number of anilines is 2. The molecule has 11 nitrogen and oxygen atoms in total. The molecule has 1 aromatic heterocycles. The number of nitrogens with one attached hydrogen (secondary N) is 3. The number of hydrogen-bond acceptors (Lipinski definition) is 9. The summed E-state index contributed by atoms with van der Waals surface area (Å²) in [6.07, 6.45) is 1.39. The Labute approximate surface area is 321 Å². The SMILES string of the molecule is CCOC(=O)c1c(NC(=O)C(C)Sc2cccc(NC(=O)/C(=C\c3ccc(F)cc3)NC(=O)c3ccccc3)c2)sc2c1CCN(C(=O)OC(C)(C)C)C2. The molecule has 0 fully saturated rings. The zero-order chi connectivity index (χ0) is 39.0. The second-order valence-electron chi connectivity index (χ2n) is 13.2. The minimum absolute atomic E-state index is 0.0634. The summed E-state index contributed by atoms with van der Waals surface area (Å²) in [5.41, 5.74) is 1.56. The minimum Gasteiger partial charge on any atom is -0.462 e. The van der Waals surface area contributed by atoms with E-state index in [1.807, 2.05) is 0 Å². The van der Waals surface area contributed by atoms with Crippen LogP contribution in [0.4, 0.5) is 19.9 Å². The van der Waals surface area contributed by atoms with Gasteiger partial charge < -0.3 is 30.3 Å². The Morgan fingerprint density at radius 3 is 2.39 bits per heavy atom. The highest BCUT2D eigenvalue weighted by Gasteiger charge is 2.33. The van der Waals surface area contributed by atoms with E-state index in [4.69, 9.17) is 9.47 Å². The number of ether oxygens (including phenoxy) is 2. The number of halogens is 1. The molecule has 0 radical (unpaired) electrons. The molecule has 4 amide bonds. The van der Waals surface area contributed by atoms with E-state index in [-0.39, 0.29) is 24.8 Å². The van der Waals surface area contributed by atoms with Crippen molar-refractivity contribution in [2.75, 3.05) is 23.8 Å². The largest absolute Gasteiger partial charge is 0.462 e. The summed E-state index contributed by atoms with van der Waals surface area (Å²) in [6.45, 7) is 9.55. The number of rotatable bonds is 11. The fraction of sp³-hybridized carbons (Fsp3) is 0.275. The maximum atomic E-state index is 13.6. The van der Waals surface area contributed by atoms with Crippen molar-refractivity contribution in [3.8, 4) is 0 Å². The van der Waals surface area contributed by atoms with Crippen LogP contribution in [0.2, 0.25) is 0 Å². The number of nitrogens with zero attached hydrogens (tertiary/aromatic N) is 1. The summed E-state index contributed by atoms with van der Waals surface area (Å²) in [4.78, 5) is 69.0. The summed E-state index contributed by atoms with van der Waals surface area (Å²) in [5.74, 6) is -2.47. The third kappa shape index (κ3) is 10.6. The van der Waals surface area contributed by atoms with Gasteiger partial charge in [-0.3, -0.25) is 14.4 Å². The maximum absolute atomic E-state index is 13.6. The molecule has 282 valence electrons. The van der Waals surface area contributed by atoms with E-state index in [0.717, 1.165) is 10.4 Å². The summed E-state index contributed by atoms with van der Waals surface area (Å²) < 4.78 is 24.4. The lowest BCUT2D eigenvalue weighted by molar-refractivity contribution is -0.115. The van der Waals surface area contributed by atoms with Gasteiger partial charge in [-0.2, -0.15) is 0 Å². The van der Waals surface area contributed by atoms with E-state index >= 15 is 0 Å². The molecule has 1 aliphatic heterocycles. The molecule has 54 heavy (non-hydrogen) atoms. The van der Waals surface area contributed by atoms with Gasteiger partial charge >= 0.3 is 12.1 Å². The predicted molar refractivity (Wildman–Crippen MR) is 208 cm³/mol. The lowest BCUT2D eigenvalue weighted by atomic mass is 10.0. The van der Waals surface area contributed by atoms with Gasteiger partial charge in [0.15, 0.2) is 0 Å². The topological polar surface area (TPSA) is 143 Å². The highest BCUT2D eigenvalue weighted by Crippen LogP contribution is 2.39. The van der Waals surface area contributed by atoms with Gasteiger partial charge in [-0.1, -0.05) is 36.4 Å². The number of amides is 4. The number of thiophene rings is 1. The molecule has 3 aromatic carbocycles. The highest BCUT2D eigenvalue weighted by molar-refractivity contribution is 8.00. The summed E-state index contributed by atoms with van der Waals surface area (Å²) in [7, 11) is 0. The molecule has 0 saturated carbocycles. The lowest BCUT2D eigenvalue weighted by Gasteiger charge is -2.30. The molecular weight excluding hydrogens is 732 g/mol. The highest BCUT2D eigenvalue weighted by atomic mass is 32.2. The fourth-order valence-electron chi connectivity index (χ4n) is 5.38. The van der Waals surface area contributed by atoms with Crippen LogP contribution in [0.3, 0.4) is 0 Å². The monoisotopic (exact) mass is 772 g/mol. The average molecular weight is 773 g/mol. The van der Waals surface area contributed by atoms with Crippen LogP contribution in [0.15, 0.2) is 89.5 Å². The minimum atomic E-state index is -0.660. The standard InChI is InChI=1S/C40H41FN4O7S2/c1-6-51-38(49)33-30-19-20-45(39(50)52-40(3,4)5)23-32(30)54-37(33)44-34(46)24(2)53-29-14-10-13-28(22-29)42-36(48)31(21-25-15-17-27(41)18-16-25)43-35(47)26-11-8-7-9-12-26/h7-18,21-22,24H,6,19-20,23H2,1-5H3,(H,42,48)(H,43,47)(H,44,46)/b31-21+. The first-order chi connectivity index (χ1) is 25.7. The number of carbonyl (C=O) groups is 5. The van der Waals surface area contributed by atoms with Gasteiger partial charge in [0.1, 0.15) is 22.1 Å².